The number of rotatable bonds is 5. The largest absolute Gasteiger partial charge is 0.382 e. The summed E-state index contributed by atoms with van der Waals surface area (Å²) in [5.74, 6) is -0.893. The van der Waals surface area contributed by atoms with Gasteiger partial charge < -0.3 is 11.1 Å². The van der Waals surface area contributed by atoms with E-state index >= 15 is 0 Å². The Morgan fingerprint density at radius 3 is 2.71 bits per heavy atom. The fraction of sp³-hybridized carbons (Fsp3) is 0.0870. The van der Waals surface area contributed by atoms with Crippen molar-refractivity contribution >= 4 is 44.9 Å². The highest BCUT2D eigenvalue weighted by molar-refractivity contribution is 7.16. The lowest BCUT2D eigenvalue weighted by Gasteiger charge is -2.12. The van der Waals surface area contributed by atoms with Crippen LogP contribution in [-0.4, -0.2) is 30.6 Å². The summed E-state index contributed by atoms with van der Waals surface area (Å²) >= 11 is 7.91. The topological polar surface area (TPSA) is 112 Å². The van der Waals surface area contributed by atoms with Gasteiger partial charge in [0.15, 0.2) is 11.5 Å². The third-order valence-corrected chi connectivity index (χ3v) is 6.19. The standard InChI is InChI=1S/C23H17ClFN7OS/c1-32-7-6-16(31-32)20-18(13-8-15(24)19-17(9-13)34-11-28-19)29-21(22(26)30-20)23(33)27-10-12-2-4-14(25)5-3-12/h2-9,11H,10H2,1H3,(H2,26,30)(H,27,33). The molecule has 3 heterocycles. The lowest BCUT2D eigenvalue weighted by molar-refractivity contribution is 0.0946. The fourth-order valence-electron chi connectivity index (χ4n) is 3.47. The highest BCUT2D eigenvalue weighted by atomic mass is 35.5. The van der Waals surface area contributed by atoms with Crippen molar-refractivity contribution in [3.63, 3.8) is 0 Å². The molecule has 0 fully saturated rings. The summed E-state index contributed by atoms with van der Waals surface area (Å²) in [4.78, 5) is 26.3. The van der Waals surface area contributed by atoms with Crippen LogP contribution in [0.3, 0.4) is 0 Å². The number of hydrogen-bond donors (Lipinski definition) is 2. The smallest absolute Gasteiger partial charge is 0.274 e. The van der Waals surface area contributed by atoms with Crippen LogP contribution >= 0.6 is 22.9 Å². The van der Waals surface area contributed by atoms with Gasteiger partial charge in [-0.15, -0.1) is 11.3 Å². The van der Waals surface area contributed by atoms with E-state index < -0.39 is 5.91 Å². The van der Waals surface area contributed by atoms with Gasteiger partial charge in [-0.05, 0) is 35.9 Å². The number of nitrogens with one attached hydrogen (secondary N) is 1. The fourth-order valence-corrected chi connectivity index (χ4v) is 4.53. The number of nitrogens with two attached hydrogens (primary N) is 1. The van der Waals surface area contributed by atoms with Crippen molar-refractivity contribution in [2.45, 2.75) is 6.54 Å². The van der Waals surface area contributed by atoms with E-state index in [1.54, 1.807) is 47.7 Å². The first-order chi connectivity index (χ1) is 16.4. The summed E-state index contributed by atoms with van der Waals surface area (Å²) < 4.78 is 15.7. The van der Waals surface area contributed by atoms with Crippen molar-refractivity contribution < 1.29 is 9.18 Å². The second kappa shape index (κ2) is 8.81. The average molecular weight is 494 g/mol. The van der Waals surface area contributed by atoms with Gasteiger partial charge in [0.05, 0.1) is 26.4 Å². The molecule has 0 radical (unpaired) electrons. The Bertz CT molecular complexity index is 1530. The van der Waals surface area contributed by atoms with Gasteiger partial charge in [-0.25, -0.2) is 19.3 Å². The van der Waals surface area contributed by atoms with Crippen molar-refractivity contribution in [1.29, 1.82) is 0 Å². The summed E-state index contributed by atoms with van der Waals surface area (Å²) in [5.41, 5.74) is 11.3. The van der Waals surface area contributed by atoms with Gasteiger partial charge >= 0.3 is 0 Å². The Labute approximate surface area is 202 Å². The zero-order valence-corrected chi connectivity index (χ0v) is 19.4. The summed E-state index contributed by atoms with van der Waals surface area (Å²) in [6.45, 7) is 0.177. The first-order valence-corrected chi connectivity index (χ1v) is 11.4. The molecule has 5 aromatic rings. The Hall–Kier alpha value is -3.89. The summed E-state index contributed by atoms with van der Waals surface area (Å²) in [6.07, 6.45) is 1.78. The average Bonchev–Trinajstić information content (AvgIpc) is 3.47. The molecule has 5 rings (SSSR count). The molecular weight excluding hydrogens is 477 g/mol. The molecule has 0 aliphatic heterocycles. The van der Waals surface area contributed by atoms with Gasteiger partial charge in [0, 0.05) is 25.4 Å². The van der Waals surface area contributed by atoms with Crippen LogP contribution in [-0.2, 0) is 13.6 Å². The minimum absolute atomic E-state index is 0.0303. The van der Waals surface area contributed by atoms with E-state index in [0.717, 1.165) is 10.3 Å². The van der Waals surface area contributed by atoms with Crippen LogP contribution in [0.15, 0.2) is 54.2 Å². The number of anilines is 1. The number of fused-ring (bicyclic) bond motifs is 1. The molecule has 34 heavy (non-hydrogen) atoms. The monoisotopic (exact) mass is 493 g/mol. The Balaban J connectivity index is 1.58. The van der Waals surface area contributed by atoms with E-state index in [4.69, 9.17) is 17.3 Å². The Morgan fingerprint density at radius 2 is 1.97 bits per heavy atom. The zero-order valence-electron chi connectivity index (χ0n) is 17.8. The molecule has 0 spiro atoms. The predicted molar refractivity (Wildman–Crippen MR) is 130 cm³/mol. The van der Waals surface area contributed by atoms with Crippen LogP contribution in [0.5, 0.6) is 0 Å². The van der Waals surface area contributed by atoms with Crippen molar-refractivity contribution in [1.82, 2.24) is 30.0 Å². The van der Waals surface area contributed by atoms with Gasteiger partial charge in [0.2, 0.25) is 0 Å². The van der Waals surface area contributed by atoms with Crippen LogP contribution in [0.2, 0.25) is 5.02 Å². The van der Waals surface area contributed by atoms with Gasteiger partial charge in [-0.1, -0.05) is 23.7 Å². The maximum absolute atomic E-state index is 13.2. The van der Waals surface area contributed by atoms with E-state index in [1.807, 2.05) is 6.07 Å². The van der Waals surface area contributed by atoms with Crippen LogP contribution < -0.4 is 11.1 Å². The third kappa shape index (κ3) is 4.20. The van der Waals surface area contributed by atoms with E-state index in [2.05, 4.69) is 25.4 Å². The number of aromatic nitrogens is 5. The number of carbonyl (C=O) groups excluding carboxylic acids is 1. The number of thiazole rings is 1. The molecule has 0 saturated heterocycles. The molecule has 8 nitrogen and oxygen atoms in total. The van der Waals surface area contributed by atoms with E-state index in [9.17, 15) is 9.18 Å². The molecule has 0 unspecified atom stereocenters. The van der Waals surface area contributed by atoms with Crippen LogP contribution in [0.1, 0.15) is 16.1 Å². The number of nitrogen functional groups attached to an aromatic ring is 1. The normalized spacial score (nSPS) is 11.1. The quantitative estimate of drug-likeness (QED) is 0.374. The van der Waals surface area contributed by atoms with Crippen LogP contribution in [0, 0.1) is 5.82 Å². The molecule has 11 heteroatoms. The number of halogens is 2. The SMILES string of the molecule is Cn1ccc(-c2nc(N)c(C(=O)NCc3ccc(F)cc3)nc2-c2cc(Cl)c3ncsc3c2)n1. The highest BCUT2D eigenvalue weighted by Gasteiger charge is 2.22. The van der Waals surface area contributed by atoms with Crippen molar-refractivity contribution in [2.24, 2.45) is 7.05 Å². The number of benzene rings is 2. The third-order valence-electron chi connectivity index (χ3n) is 5.12. The minimum Gasteiger partial charge on any atom is -0.382 e. The second-order valence-electron chi connectivity index (χ2n) is 7.50. The van der Waals surface area contributed by atoms with Gasteiger partial charge in [-0.2, -0.15) is 5.10 Å². The van der Waals surface area contributed by atoms with Gasteiger partial charge in [0.1, 0.15) is 17.2 Å². The van der Waals surface area contributed by atoms with E-state index in [1.165, 1.54) is 23.5 Å². The molecule has 0 saturated carbocycles. The Kier molecular flexibility index (Phi) is 5.68. The van der Waals surface area contributed by atoms with Crippen molar-refractivity contribution in [3.8, 4) is 22.6 Å². The first-order valence-electron chi connectivity index (χ1n) is 10.1. The lowest BCUT2D eigenvalue weighted by atomic mass is 10.1. The zero-order chi connectivity index (χ0) is 23.8. The van der Waals surface area contributed by atoms with Crippen molar-refractivity contribution in [3.05, 3.63) is 76.3 Å². The molecule has 1 amide bonds. The second-order valence-corrected chi connectivity index (χ2v) is 8.79. The van der Waals surface area contributed by atoms with Crippen LogP contribution in [0.25, 0.3) is 32.9 Å². The predicted octanol–water partition coefficient (Wildman–Crippen LogP) is 4.46. The van der Waals surface area contributed by atoms with Crippen LogP contribution in [0.4, 0.5) is 10.2 Å². The molecule has 170 valence electrons. The molecule has 0 aliphatic rings. The molecule has 0 aliphatic carbocycles. The highest BCUT2D eigenvalue weighted by Crippen LogP contribution is 2.35. The molecular formula is C23H17ClFN7OS. The molecule has 2 aromatic carbocycles. The number of carbonyl (C=O) groups is 1. The maximum atomic E-state index is 13.2. The molecule has 0 bridgehead atoms. The maximum Gasteiger partial charge on any atom is 0.274 e. The molecule has 3 aromatic heterocycles. The van der Waals surface area contributed by atoms with E-state index in [-0.39, 0.29) is 23.9 Å². The van der Waals surface area contributed by atoms with Gasteiger partial charge in [-0.3, -0.25) is 9.48 Å². The Morgan fingerprint density at radius 1 is 1.18 bits per heavy atom. The summed E-state index contributed by atoms with van der Waals surface area (Å²) in [7, 11) is 1.79. The minimum atomic E-state index is -0.506. The number of aryl methyl sites for hydroxylation is 1. The van der Waals surface area contributed by atoms with E-state index in [0.29, 0.717) is 33.2 Å². The summed E-state index contributed by atoms with van der Waals surface area (Å²) in [6, 6.07) is 11.2. The first kappa shape index (κ1) is 21.9. The molecule has 0 atom stereocenters. The van der Waals surface area contributed by atoms with Crippen molar-refractivity contribution in [2.75, 3.05) is 5.73 Å². The molecule has 3 N–H and O–H groups in total. The lowest BCUT2D eigenvalue weighted by Crippen LogP contribution is -2.26. The number of nitrogens with zero attached hydrogens (tertiary/aromatic N) is 5. The van der Waals surface area contributed by atoms with Gasteiger partial charge in [0.25, 0.3) is 5.91 Å². The summed E-state index contributed by atoms with van der Waals surface area (Å²) in [5, 5.41) is 7.64. The number of hydrogen-bond acceptors (Lipinski definition) is 7. The number of amides is 1.